The van der Waals surface area contributed by atoms with E-state index in [2.05, 4.69) is 25.1 Å². The van der Waals surface area contributed by atoms with Gasteiger partial charge < -0.3 is 5.73 Å². The Morgan fingerprint density at radius 2 is 2.21 bits per heavy atom. The number of hydrogen-bond acceptors (Lipinski definition) is 2. The van der Waals surface area contributed by atoms with Gasteiger partial charge in [-0.1, -0.05) is 19.1 Å². The fraction of sp³-hybridized carbons (Fsp3) is 0.500. The predicted molar refractivity (Wildman–Crippen MR) is 60.6 cm³/mol. The largest absolute Gasteiger partial charge is 0.321 e. The van der Waals surface area contributed by atoms with E-state index >= 15 is 0 Å². The standard InChI is InChI=1S/C12H15NS/c1-8-6-9-7-10(12(13)4-5-12)2-3-11(9)14-8/h2-3,7-8H,4-6,13H2,1H3. The lowest BCUT2D eigenvalue weighted by molar-refractivity contribution is 0.736. The van der Waals surface area contributed by atoms with Crippen LogP contribution in [0, 0.1) is 0 Å². The summed E-state index contributed by atoms with van der Waals surface area (Å²) in [4.78, 5) is 1.46. The number of benzene rings is 1. The number of rotatable bonds is 1. The van der Waals surface area contributed by atoms with Crippen LogP contribution >= 0.6 is 11.8 Å². The van der Waals surface area contributed by atoms with E-state index in [1.54, 1.807) is 0 Å². The third-order valence-electron chi connectivity index (χ3n) is 3.26. The summed E-state index contributed by atoms with van der Waals surface area (Å²) in [7, 11) is 0. The van der Waals surface area contributed by atoms with Crippen LogP contribution in [0.4, 0.5) is 0 Å². The van der Waals surface area contributed by atoms with Gasteiger partial charge in [-0.05, 0) is 36.5 Å². The first-order chi connectivity index (χ1) is 6.67. The fourth-order valence-electron chi connectivity index (χ4n) is 2.16. The summed E-state index contributed by atoms with van der Waals surface area (Å²) < 4.78 is 0. The van der Waals surface area contributed by atoms with Crippen molar-refractivity contribution >= 4 is 11.8 Å². The molecule has 0 radical (unpaired) electrons. The maximum Gasteiger partial charge on any atom is 0.0411 e. The highest BCUT2D eigenvalue weighted by molar-refractivity contribution is 8.00. The van der Waals surface area contributed by atoms with E-state index in [0.717, 1.165) is 18.1 Å². The zero-order chi connectivity index (χ0) is 9.76. The van der Waals surface area contributed by atoms with Crippen LogP contribution in [-0.4, -0.2) is 5.25 Å². The molecule has 1 nitrogen and oxygen atoms in total. The Kier molecular flexibility index (Phi) is 1.74. The van der Waals surface area contributed by atoms with E-state index in [9.17, 15) is 0 Å². The molecule has 1 fully saturated rings. The van der Waals surface area contributed by atoms with Gasteiger partial charge in [0.25, 0.3) is 0 Å². The van der Waals surface area contributed by atoms with Gasteiger partial charge >= 0.3 is 0 Å². The number of fused-ring (bicyclic) bond motifs is 1. The van der Waals surface area contributed by atoms with E-state index in [0.29, 0.717) is 0 Å². The van der Waals surface area contributed by atoms with Crippen molar-refractivity contribution in [3.8, 4) is 0 Å². The van der Waals surface area contributed by atoms with Crippen LogP contribution in [0.2, 0.25) is 0 Å². The van der Waals surface area contributed by atoms with Crippen LogP contribution in [-0.2, 0) is 12.0 Å². The topological polar surface area (TPSA) is 26.0 Å². The van der Waals surface area contributed by atoms with Gasteiger partial charge in [0.2, 0.25) is 0 Å². The lowest BCUT2D eigenvalue weighted by atomic mass is 10.0. The average molecular weight is 205 g/mol. The minimum atomic E-state index is 0.0333. The van der Waals surface area contributed by atoms with Gasteiger partial charge in [-0.25, -0.2) is 0 Å². The molecule has 0 saturated heterocycles. The van der Waals surface area contributed by atoms with Gasteiger partial charge in [0.1, 0.15) is 0 Å². The molecule has 2 heteroatoms. The predicted octanol–water partition coefficient (Wildman–Crippen LogP) is 2.67. The minimum Gasteiger partial charge on any atom is -0.321 e. The van der Waals surface area contributed by atoms with Crippen molar-refractivity contribution in [3.63, 3.8) is 0 Å². The van der Waals surface area contributed by atoms with Crippen molar-refractivity contribution < 1.29 is 0 Å². The normalized spacial score (nSPS) is 27.4. The molecule has 1 aromatic rings. The minimum absolute atomic E-state index is 0.0333. The summed E-state index contributed by atoms with van der Waals surface area (Å²) in [6, 6.07) is 6.81. The Balaban J connectivity index is 2.00. The molecule has 1 atom stereocenters. The summed E-state index contributed by atoms with van der Waals surface area (Å²) >= 11 is 1.99. The van der Waals surface area contributed by atoms with E-state index in [1.165, 1.54) is 22.4 Å². The third kappa shape index (κ3) is 1.29. The summed E-state index contributed by atoms with van der Waals surface area (Å²) in [5, 5.41) is 0.744. The SMILES string of the molecule is CC1Cc2cc(C3(N)CC3)ccc2S1. The number of nitrogens with two attached hydrogens (primary N) is 1. The Bertz CT molecular complexity index is 382. The molecule has 74 valence electrons. The highest BCUT2D eigenvalue weighted by Crippen LogP contribution is 2.45. The maximum atomic E-state index is 6.19. The summed E-state index contributed by atoms with van der Waals surface area (Å²) in [5.74, 6) is 0. The van der Waals surface area contributed by atoms with Gasteiger partial charge in [-0.3, -0.25) is 0 Å². The zero-order valence-corrected chi connectivity index (χ0v) is 9.23. The molecule has 0 spiro atoms. The van der Waals surface area contributed by atoms with Crippen molar-refractivity contribution in [2.24, 2.45) is 5.73 Å². The molecular formula is C12H15NS. The highest BCUT2D eigenvalue weighted by Gasteiger charge is 2.40. The average Bonchev–Trinajstić information content (AvgIpc) is 2.79. The quantitative estimate of drug-likeness (QED) is 0.763. The highest BCUT2D eigenvalue weighted by atomic mass is 32.2. The second-order valence-corrected chi connectivity index (χ2v) is 6.09. The summed E-state index contributed by atoms with van der Waals surface area (Å²) in [6.45, 7) is 2.29. The molecule has 0 aromatic heterocycles. The van der Waals surface area contributed by atoms with Crippen molar-refractivity contribution in [2.45, 2.75) is 41.9 Å². The molecule has 1 aliphatic carbocycles. The monoisotopic (exact) mass is 205 g/mol. The number of hydrogen-bond donors (Lipinski definition) is 1. The molecule has 2 aliphatic rings. The molecule has 14 heavy (non-hydrogen) atoms. The van der Waals surface area contributed by atoms with Crippen molar-refractivity contribution in [1.82, 2.24) is 0 Å². The van der Waals surface area contributed by atoms with E-state index in [-0.39, 0.29) is 5.54 Å². The van der Waals surface area contributed by atoms with Gasteiger partial charge in [0.15, 0.2) is 0 Å². The Morgan fingerprint density at radius 3 is 2.93 bits per heavy atom. The molecular weight excluding hydrogens is 190 g/mol. The first-order valence-corrected chi connectivity index (χ1v) is 6.14. The Morgan fingerprint density at radius 1 is 1.43 bits per heavy atom. The number of thioether (sulfide) groups is 1. The van der Waals surface area contributed by atoms with Gasteiger partial charge in [-0.2, -0.15) is 0 Å². The van der Waals surface area contributed by atoms with Gasteiger partial charge in [-0.15, -0.1) is 11.8 Å². The van der Waals surface area contributed by atoms with Crippen LogP contribution in [0.3, 0.4) is 0 Å². The lowest BCUT2D eigenvalue weighted by Gasteiger charge is -2.10. The first-order valence-electron chi connectivity index (χ1n) is 5.26. The molecule has 1 aliphatic heterocycles. The van der Waals surface area contributed by atoms with E-state index < -0.39 is 0 Å². The van der Waals surface area contributed by atoms with Crippen LogP contribution in [0.1, 0.15) is 30.9 Å². The first kappa shape index (κ1) is 8.81. The van der Waals surface area contributed by atoms with Crippen molar-refractivity contribution in [1.29, 1.82) is 0 Å². The molecule has 1 heterocycles. The Hall–Kier alpha value is -0.470. The van der Waals surface area contributed by atoms with Crippen molar-refractivity contribution in [3.05, 3.63) is 29.3 Å². The lowest BCUT2D eigenvalue weighted by Crippen LogP contribution is -2.18. The molecule has 1 unspecified atom stereocenters. The molecule has 1 saturated carbocycles. The molecule has 3 rings (SSSR count). The molecule has 1 aromatic carbocycles. The zero-order valence-electron chi connectivity index (χ0n) is 8.42. The van der Waals surface area contributed by atoms with Gasteiger partial charge in [0.05, 0.1) is 0 Å². The summed E-state index contributed by atoms with van der Waals surface area (Å²) in [6.07, 6.45) is 3.53. The maximum absolute atomic E-state index is 6.19. The molecule has 2 N–H and O–H groups in total. The van der Waals surface area contributed by atoms with Crippen LogP contribution < -0.4 is 5.73 Å². The second kappa shape index (κ2) is 2.77. The van der Waals surface area contributed by atoms with Crippen LogP contribution in [0.25, 0.3) is 0 Å². The van der Waals surface area contributed by atoms with Gasteiger partial charge in [0, 0.05) is 15.7 Å². The fourth-order valence-corrected chi connectivity index (χ4v) is 3.29. The van der Waals surface area contributed by atoms with Crippen LogP contribution in [0.5, 0.6) is 0 Å². The third-order valence-corrected chi connectivity index (χ3v) is 4.48. The Labute approximate surface area is 89.1 Å². The van der Waals surface area contributed by atoms with Crippen LogP contribution in [0.15, 0.2) is 23.1 Å². The van der Waals surface area contributed by atoms with Crippen molar-refractivity contribution in [2.75, 3.05) is 0 Å². The smallest absolute Gasteiger partial charge is 0.0411 e. The summed E-state index contributed by atoms with van der Waals surface area (Å²) in [5.41, 5.74) is 9.09. The second-order valence-electron chi connectivity index (χ2n) is 4.61. The molecule has 0 amide bonds. The molecule has 0 bridgehead atoms. The van der Waals surface area contributed by atoms with E-state index in [4.69, 9.17) is 5.73 Å². The van der Waals surface area contributed by atoms with E-state index in [1.807, 2.05) is 11.8 Å².